The van der Waals surface area contributed by atoms with Gasteiger partial charge in [-0.15, -0.1) is 5.10 Å². The topological polar surface area (TPSA) is 67.9 Å². The minimum Gasteiger partial charge on any atom is -0.258 e. The predicted molar refractivity (Wildman–Crippen MR) is 98.2 cm³/mol. The monoisotopic (exact) mass is 327 g/mol. The molecule has 0 fully saturated rings. The summed E-state index contributed by atoms with van der Waals surface area (Å²) in [6.07, 6.45) is 1.60. The van der Waals surface area contributed by atoms with Crippen molar-refractivity contribution in [2.24, 2.45) is 10.2 Å². The van der Waals surface area contributed by atoms with Gasteiger partial charge in [0.25, 0.3) is 5.69 Å². The molecular formula is C20H13N3O2. The Balaban J connectivity index is 1.68. The molecule has 5 heteroatoms. The molecule has 0 heterocycles. The quantitative estimate of drug-likeness (QED) is 0.317. The maximum atomic E-state index is 10.7. The van der Waals surface area contributed by atoms with Gasteiger partial charge in [-0.1, -0.05) is 48.5 Å². The van der Waals surface area contributed by atoms with E-state index in [2.05, 4.69) is 22.3 Å². The SMILES string of the molecule is O=[N+]([O-])c1ccc(C=NN=C2c3ccccc3-c3ccccc32)cc1. The Morgan fingerprint density at radius 3 is 1.80 bits per heavy atom. The zero-order chi connectivity index (χ0) is 17.2. The Morgan fingerprint density at radius 2 is 1.28 bits per heavy atom. The molecule has 3 aromatic carbocycles. The van der Waals surface area contributed by atoms with Gasteiger partial charge in [-0.25, -0.2) is 0 Å². The highest BCUT2D eigenvalue weighted by molar-refractivity contribution is 6.24. The minimum atomic E-state index is -0.423. The summed E-state index contributed by atoms with van der Waals surface area (Å²) in [5, 5.41) is 19.3. The van der Waals surface area contributed by atoms with Crippen LogP contribution in [0.25, 0.3) is 11.1 Å². The van der Waals surface area contributed by atoms with Crippen molar-refractivity contribution < 1.29 is 4.92 Å². The molecule has 120 valence electrons. The number of benzene rings is 3. The molecule has 0 bridgehead atoms. The summed E-state index contributed by atoms with van der Waals surface area (Å²) in [4.78, 5) is 10.3. The van der Waals surface area contributed by atoms with E-state index in [9.17, 15) is 10.1 Å². The highest BCUT2D eigenvalue weighted by Gasteiger charge is 2.23. The van der Waals surface area contributed by atoms with E-state index in [1.54, 1.807) is 18.3 Å². The fourth-order valence-electron chi connectivity index (χ4n) is 2.94. The van der Waals surface area contributed by atoms with E-state index in [0.29, 0.717) is 0 Å². The number of nitro benzene ring substituents is 1. The van der Waals surface area contributed by atoms with E-state index in [-0.39, 0.29) is 5.69 Å². The standard InChI is InChI=1S/C20H13N3O2/c24-23(25)15-11-9-14(10-12-15)13-21-22-20-18-7-3-1-5-16(18)17-6-2-4-8-19(17)20/h1-13H. The van der Waals surface area contributed by atoms with Crippen molar-refractivity contribution in [2.45, 2.75) is 0 Å². The third-order valence-electron chi connectivity index (χ3n) is 4.12. The van der Waals surface area contributed by atoms with E-state index in [4.69, 9.17) is 0 Å². The highest BCUT2D eigenvalue weighted by Crippen LogP contribution is 2.36. The summed E-state index contributed by atoms with van der Waals surface area (Å²) in [6.45, 7) is 0. The Bertz CT molecular complexity index is 974. The van der Waals surface area contributed by atoms with Gasteiger partial charge in [0.2, 0.25) is 0 Å². The molecular weight excluding hydrogens is 314 g/mol. The van der Waals surface area contributed by atoms with Gasteiger partial charge >= 0.3 is 0 Å². The number of rotatable bonds is 3. The molecule has 5 nitrogen and oxygen atoms in total. The van der Waals surface area contributed by atoms with Crippen LogP contribution in [0.4, 0.5) is 5.69 Å². The molecule has 1 aliphatic rings. The van der Waals surface area contributed by atoms with E-state index >= 15 is 0 Å². The summed E-state index contributed by atoms with van der Waals surface area (Å²) >= 11 is 0. The van der Waals surface area contributed by atoms with Gasteiger partial charge < -0.3 is 0 Å². The third kappa shape index (κ3) is 2.72. The van der Waals surface area contributed by atoms with Crippen molar-refractivity contribution in [2.75, 3.05) is 0 Å². The van der Waals surface area contributed by atoms with E-state index in [1.807, 2.05) is 36.4 Å². The molecule has 3 aromatic rings. The van der Waals surface area contributed by atoms with Gasteiger partial charge in [-0.3, -0.25) is 10.1 Å². The van der Waals surface area contributed by atoms with Crippen LogP contribution < -0.4 is 0 Å². The van der Waals surface area contributed by atoms with Crippen LogP contribution >= 0.6 is 0 Å². The van der Waals surface area contributed by atoms with Crippen molar-refractivity contribution >= 4 is 17.6 Å². The molecule has 0 unspecified atom stereocenters. The van der Waals surface area contributed by atoms with Crippen LogP contribution in [0.2, 0.25) is 0 Å². The molecule has 0 atom stereocenters. The van der Waals surface area contributed by atoms with Crippen LogP contribution in [-0.4, -0.2) is 16.8 Å². The second-order valence-electron chi connectivity index (χ2n) is 5.63. The second-order valence-corrected chi connectivity index (χ2v) is 5.63. The molecule has 0 saturated heterocycles. The number of hydrogen-bond acceptors (Lipinski definition) is 4. The Morgan fingerprint density at radius 1 is 0.760 bits per heavy atom. The largest absolute Gasteiger partial charge is 0.269 e. The van der Waals surface area contributed by atoms with Crippen molar-refractivity contribution in [1.29, 1.82) is 0 Å². The maximum Gasteiger partial charge on any atom is 0.269 e. The molecule has 0 amide bonds. The van der Waals surface area contributed by atoms with Gasteiger partial charge in [0, 0.05) is 23.3 Å². The van der Waals surface area contributed by atoms with Crippen molar-refractivity contribution in [3.05, 3.63) is 99.6 Å². The lowest BCUT2D eigenvalue weighted by atomic mass is 10.1. The average Bonchev–Trinajstić information content (AvgIpc) is 2.97. The lowest BCUT2D eigenvalue weighted by Gasteiger charge is -1.98. The molecule has 0 aromatic heterocycles. The first-order chi connectivity index (χ1) is 12.2. The molecule has 0 spiro atoms. The first-order valence-electron chi connectivity index (χ1n) is 7.79. The van der Waals surface area contributed by atoms with Gasteiger partial charge in [-0.2, -0.15) is 5.10 Å². The maximum absolute atomic E-state index is 10.7. The zero-order valence-electron chi connectivity index (χ0n) is 13.2. The van der Waals surface area contributed by atoms with E-state index in [0.717, 1.165) is 33.5 Å². The Labute approximate surface area is 144 Å². The molecule has 25 heavy (non-hydrogen) atoms. The normalized spacial score (nSPS) is 12.1. The highest BCUT2D eigenvalue weighted by atomic mass is 16.6. The van der Waals surface area contributed by atoms with Gasteiger partial charge in [0.05, 0.1) is 11.1 Å². The number of hydrogen-bond donors (Lipinski definition) is 0. The minimum absolute atomic E-state index is 0.0575. The van der Waals surface area contributed by atoms with Crippen LogP contribution in [0.3, 0.4) is 0 Å². The first-order valence-corrected chi connectivity index (χ1v) is 7.79. The lowest BCUT2D eigenvalue weighted by molar-refractivity contribution is -0.384. The number of nitrogens with zero attached hydrogens (tertiary/aromatic N) is 3. The third-order valence-corrected chi connectivity index (χ3v) is 4.12. The Kier molecular flexibility index (Phi) is 3.67. The molecule has 0 N–H and O–H groups in total. The van der Waals surface area contributed by atoms with Crippen molar-refractivity contribution in [1.82, 2.24) is 0 Å². The van der Waals surface area contributed by atoms with Crippen LogP contribution in [0.5, 0.6) is 0 Å². The lowest BCUT2D eigenvalue weighted by Crippen LogP contribution is -1.97. The van der Waals surface area contributed by atoms with Crippen LogP contribution in [0, 0.1) is 10.1 Å². The van der Waals surface area contributed by atoms with Gasteiger partial charge in [0.1, 0.15) is 5.71 Å². The number of nitro groups is 1. The molecule has 4 rings (SSSR count). The van der Waals surface area contributed by atoms with Gasteiger partial charge in [-0.05, 0) is 28.8 Å². The summed E-state index contributed by atoms with van der Waals surface area (Å²) < 4.78 is 0. The smallest absolute Gasteiger partial charge is 0.258 e. The fourth-order valence-corrected chi connectivity index (χ4v) is 2.94. The van der Waals surface area contributed by atoms with Crippen LogP contribution in [-0.2, 0) is 0 Å². The van der Waals surface area contributed by atoms with E-state index in [1.165, 1.54) is 12.1 Å². The van der Waals surface area contributed by atoms with Crippen molar-refractivity contribution in [3.8, 4) is 11.1 Å². The molecule has 0 aliphatic heterocycles. The number of non-ortho nitro benzene ring substituents is 1. The summed E-state index contributed by atoms with van der Waals surface area (Å²) in [5.74, 6) is 0. The predicted octanol–water partition coefficient (Wildman–Crippen LogP) is 4.45. The fraction of sp³-hybridized carbons (Fsp3) is 0. The summed E-state index contributed by atoms with van der Waals surface area (Å²) in [6, 6.07) is 22.4. The van der Waals surface area contributed by atoms with Crippen molar-refractivity contribution in [3.63, 3.8) is 0 Å². The summed E-state index contributed by atoms with van der Waals surface area (Å²) in [7, 11) is 0. The van der Waals surface area contributed by atoms with Crippen LogP contribution in [0.1, 0.15) is 16.7 Å². The first kappa shape index (κ1) is 15.0. The summed E-state index contributed by atoms with van der Waals surface area (Å²) in [5.41, 5.74) is 6.08. The Hall–Kier alpha value is -3.60. The zero-order valence-corrected chi connectivity index (χ0v) is 13.2. The molecule has 0 saturated carbocycles. The van der Waals surface area contributed by atoms with Crippen LogP contribution in [0.15, 0.2) is 83.0 Å². The number of fused-ring (bicyclic) bond motifs is 3. The molecule has 1 aliphatic carbocycles. The second kappa shape index (κ2) is 6.13. The molecule has 0 radical (unpaired) electrons. The van der Waals surface area contributed by atoms with Gasteiger partial charge in [0.15, 0.2) is 0 Å². The average molecular weight is 327 g/mol. The van der Waals surface area contributed by atoms with E-state index < -0.39 is 4.92 Å².